The molecule has 1 saturated heterocycles. The first-order chi connectivity index (χ1) is 7.86. The molecule has 1 aliphatic heterocycles. The molecule has 1 fully saturated rings. The van der Waals surface area contributed by atoms with Crippen molar-refractivity contribution in [2.45, 2.75) is 39.0 Å². The highest BCUT2D eigenvalue weighted by Gasteiger charge is 2.14. The van der Waals surface area contributed by atoms with E-state index >= 15 is 0 Å². The van der Waals surface area contributed by atoms with Gasteiger partial charge in [0.25, 0.3) is 0 Å². The third kappa shape index (κ3) is 6.12. The Morgan fingerprint density at radius 2 is 1.38 bits per heavy atom. The minimum Gasteiger partial charge on any atom is -0.301 e. The predicted octanol–water partition coefficient (Wildman–Crippen LogP) is 2.50. The van der Waals surface area contributed by atoms with E-state index < -0.39 is 0 Å². The molecule has 0 aliphatic carbocycles. The van der Waals surface area contributed by atoms with Gasteiger partial charge in [0, 0.05) is 26.2 Å². The summed E-state index contributed by atoms with van der Waals surface area (Å²) >= 11 is 4.24. The zero-order valence-electron chi connectivity index (χ0n) is 10.8. The Morgan fingerprint density at radius 3 is 1.94 bits per heavy atom. The third-order valence-corrected chi connectivity index (χ3v) is 3.70. The molecule has 0 spiro atoms. The third-order valence-electron chi connectivity index (χ3n) is 3.39. The summed E-state index contributed by atoms with van der Waals surface area (Å²) < 4.78 is 0. The summed E-state index contributed by atoms with van der Waals surface area (Å²) in [6, 6.07) is 0. The van der Waals surface area contributed by atoms with Crippen molar-refractivity contribution in [3.63, 3.8) is 0 Å². The molecule has 0 saturated carbocycles. The fraction of sp³-hybridized carbons (Fsp3) is 1.00. The van der Waals surface area contributed by atoms with Crippen molar-refractivity contribution in [3.8, 4) is 0 Å². The van der Waals surface area contributed by atoms with Crippen LogP contribution in [0.2, 0.25) is 0 Å². The van der Waals surface area contributed by atoms with Crippen molar-refractivity contribution < 1.29 is 0 Å². The smallest absolute Gasteiger partial charge is 0.0110 e. The Bertz CT molecular complexity index is 156. The number of thiol groups is 1. The van der Waals surface area contributed by atoms with Gasteiger partial charge in [-0.25, -0.2) is 0 Å². The van der Waals surface area contributed by atoms with Crippen molar-refractivity contribution in [2.24, 2.45) is 0 Å². The molecule has 0 unspecified atom stereocenters. The predicted molar refractivity (Wildman–Crippen MR) is 75.5 cm³/mol. The highest BCUT2D eigenvalue weighted by Crippen LogP contribution is 2.06. The number of nitrogens with zero attached hydrogens (tertiary/aromatic N) is 2. The van der Waals surface area contributed by atoms with Gasteiger partial charge in [0.2, 0.25) is 0 Å². The lowest BCUT2D eigenvalue weighted by molar-refractivity contribution is 0.131. The van der Waals surface area contributed by atoms with Gasteiger partial charge >= 0.3 is 0 Å². The molecule has 1 rings (SSSR count). The summed E-state index contributed by atoms with van der Waals surface area (Å²) in [4.78, 5) is 5.23. The highest BCUT2D eigenvalue weighted by atomic mass is 32.1. The molecule has 0 bridgehead atoms. The van der Waals surface area contributed by atoms with E-state index in [1.165, 1.54) is 71.4 Å². The van der Waals surface area contributed by atoms with Gasteiger partial charge in [-0.05, 0) is 38.1 Å². The quantitative estimate of drug-likeness (QED) is 0.518. The highest BCUT2D eigenvalue weighted by molar-refractivity contribution is 7.80. The molecule has 1 aliphatic rings. The first kappa shape index (κ1) is 14.3. The van der Waals surface area contributed by atoms with Crippen LogP contribution in [0.1, 0.15) is 39.0 Å². The van der Waals surface area contributed by atoms with E-state index in [9.17, 15) is 0 Å². The van der Waals surface area contributed by atoms with Crippen LogP contribution in [0.3, 0.4) is 0 Å². The molecule has 0 aromatic carbocycles. The van der Waals surface area contributed by atoms with Crippen LogP contribution in [0, 0.1) is 0 Å². The summed E-state index contributed by atoms with van der Waals surface area (Å²) in [6.07, 6.45) is 6.70. The Balaban J connectivity index is 1.95. The summed E-state index contributed by atoms with van der Waals surface area (Å²) in [5.41, 5.74) is 0. The van der Waals surface area contributed by atoms with Crippen molar-refractivity contribution in [3.05, 3.63) is 0 Å². The molecule has 0 amide bonds. The SMILES string of the molecule is CCCN1CCN(CCCCCCS)CC1. The van der Waals surface area contributed by atoms with E-state index in [4.69, 9.17) is 0 Å². The zero-order valence-corrected chi connectivity index (χ0v) is 11.7. The molecule has 0 N–H and O–H groups in total. The molecule has 2 nitrogen and oxygen atoms in total. The molecule has 16 heavy (non-hydrogen) atoms. The van der Waals surface area contributed by atoms with Gasteiger partial charge < -0.3 is 9.80 Å². The minimum atomic E-state index is 1.05. The second-order valence-corrected chi connectivity index (χ2v) is 5.27. The number of piperazine rings is 1. The summed E-state index contributed by atoms with van der Waals surface area (Å²) in [6.45, 7) is 10.0. The van der Waals surface area contributed by atoms with Gasteiger partial charge in [0.15, 0.2) is 0 Å². The van der Waals surface area contributed by atoms with Gasteiger partial charge in [0.05, 0.1) is 0 Å². The molecule has 0 atom stereocenters. The maximum absolute atomic E-state index is 4.24. The average molecular weight is 244 g/mol. The molecular weight excluding hydrogens is 216 g/mol. The van der Waals surface area contributed by atoms with Gasteiger partial charge in [-0.3, -0.25) is 0 Å². The largest absolute Gasteiger partial charge is 0.301 e. The van der Waals surface area contributed by atoms with Gasteiger partial charge in [-0.2, -0.15) is 12.6 Å². The van der Waals surface area contributed by atoms with Crippen LogP contribution < -0.4 is 0 Å². The van der Waals surface area contributed by atoms with Crippen molar-refractivity contribution in [1.82, 2.24) is 9.80 Å². The molecule has 3 heteroatoms. The maximum atomic E-state index is 4.24. The number of hydrogen-bond donors (Lipinski definition) is 1. The lowest BCUT2D eigenvalue weighted by Gasteiger charge is -2.34. The van der Waals surface area contributed by atoms with Gasteiger partial charge in [-0.15, -0.1) is 0 Å². The summed E-state index contributed by atoms with van der Waals surface area (Å²) in [5, 5.41) is 0. The molecule has 1 heterocycles. The monoisotopic (exact) mass is 244 g/mol. The van der Waals surface area contributed by atoms with E-state index in [2.05, 4.69) is 29.4 Å². The van der Waals surface area contributed by atoms with Crippen LogP contribution in [0.15, 0.2) is 0 Å². The lowest BCUT2D eigenvalue weighted by Crippen LogP contribution is -2.46. The Morgan fingerprint density at radius 1 is 0.812 bits per heavy atom. The minimum absolute atomic E-state index is 1.05. The maximum Gasteiger partial charge on any atom is 0.0110 e. The van der Waals surface area contributed by atoms with Crippen molar-refractivity contribution in [2.75, 3.05) is 45.0 Å². The van der Waals surface area contributed by atoms with E-state index in [1.807, 2.05) is 0 Å². The Labute approximate surface area is 107 Å². The van der Waals surface area contributed by atoms with E-state index in [1.54, 1.807) is 0 Å². The van der Waals surface area contributed by atoms with Gasteiger partial charge in [0.1, 0.15) is 0 Å². The normalized spacial score (nSPS) is 19.1. The molecule has 96 valence electrons. The molecular formula is C13H28N2S. The summed E-state index contributed by atoms with van der Waals surface area (Å²) in [7, 11) is 0. The molecule has 0 aromatic rings. The fourth-order valence-electron chi connectivity index (χ4n) is 2.35. The van der Waals surface area contributed by atoms with E-state index in [0.717, 1.165) is 5.75 Å². The van der Waals surface area contributed by atoms with E-state index in [-0.39, 0.29) is 0 Å². The summed E-state index contributed by atoms with van der Waals surface area (Å²) in [5.74, 6) is 1.05. The zero-order chi connectivity index (χ0) is 11.6. The Kier molecular flexibility index (Phi) is 8.34. The first-order valence-corrected chi connectivity index (χ1v) is 7.55. The van der Waals surface area contributed by atoms with Crippen LogP contribution in [0.5, 0.6) is 0 Å². The number of unbranched alkanes of at least 4 members (excludes halogenated alkanes) is 3. The molecule has 0 radical (unpaired) electrons. The van der Waals surface area contributed by atoms with E-state index in [0.29, 0.717) is 0 Å². The van der Waals surface area contributed by atoms with Crippen molar-refractivity contribution >= 4 is 12.6 Å². The van der Waals surface area contributed by atoms with Crippen LogP contribution in [0.4, 0.5) is 0 Å². The topological polar surface area (TPSA) is 6.48 Å². The molecule has 0 aromatic heterocycles. The van der Waals surface area contributed by atoms with Crippen LogP contribution in [0.25, 0.3) is 0 Å². The second kappa shape index (κ2) is 9.32. The number of hydrogen-bond acceptors (Lipinski definition) is 3. The van der Waals surface area contributed by atoms with Gasteiger partial charge in [-0.1, -0.05) is 19.8 Å². The van der Waals surface area contributed by atoms with Crippen molar-refractivity contribution in [1.29, 1.82) is 0 Å². The lowest BCUT2D eigenvalue weighted by atomic mass is 10.2. The van der Waals surface area contributed by atoms with Crippen LogP contribution in [-0.2, 0) is 0 Å². The second-order valence-electron chi connectivity index (χ2n) is 4.82. The first-order valence-electron chi connectivity index (χ1n) is 6.92. The standard InChI is InChI=1S/C13H28N2S/c1-2-7-14-9-11-15(12-10-14)8-5-3-4-6-13-16/h16H,2-13H2,1H3. The van der Waals surface area contributed by atoms with Crippen LogP contribution >= 0.6 is 12.6 Å². The average Bonchev–Trinajstić information content (AvgIpc) is 2.31. The fourth-order valence-corrected chi connectivity index (χ4v) is 2.58. The van der Waals surface area contributed by atoms with Crippen LogP contribution in [-0.4, -0.2) is 54.8 Å². The Hall–Kier alpha value is 0.270. The number of rotatable bonds is 8.